The summed E-state index contributed by atoms with van der Waals surface area (Å²) in [5.74, 6) is 0. The van der Waals surface area contributed by atoms with Gasteiger partial charge in [0, 0.05) is 35.2 Å². The quantitative estimate of drug-likeness (QED) is 0.946. The highest BCUT2D eigenvalue weighted by Crippen LogP contribution is 2.27. The van der Waals surface area contributed by atoms with Gasteiger partial charge in [-0.05, 0) is 29.8 Å². The fraction of sp³-hybridized carbons (Fsp3) is 0.250. The second-order valence-electron chi connectivity index (χ2n) is 3.96. The van der Waals surface area contributed by atoms with Crippen LogP contribution in [0.5, 0.6) is 0 Å². The summed E-state index contributed by atoms with van der Waals surface area (Å²) in [5, 5.41) is 5.00. The summed E-state index contributed by atoms with van der Waals surface area (Å²) in [6.07, 6.45) is 2.58. The maximum Gasteiger partial charge on any atom is 0.0643 e. The number of aromatic nitrogens is 2. The van der Waals surface area contributed by atoms with Gasteiger partial charge in [0.1, 0.15) is 0 Å². The lowest BCUT2D eigenvalue weighted by Gasteiger charge is -2.12. The van der Waals surface area contributed by atoms with Crippen LogP contribution in [0.4, 0.5) is 0 Å². The van der Waals surface area contributed by atoms with Gasteiger partial charge >= 0.3 is 0 Å². The summed E-state index contributed by atoms with van der Waals surface area (Å²) in [7, 11) is 1.89. The number of benzene rings is 1. The van der Waals surface area contributed by atoms with Crippen LogP contribution in [0.25, 0.3) is 0 Å². The normalized spacial score (nSPS) is 12.7. The number of halogens is 2. The largest absolute Gasteiger partial charge is 0.324 e. The molecule has 0 amide bonds. The molecule has 0 spiro atoms. The molecule has 0 bridgehead atoms. The molecule has 1 unspecified atom stereocenters. The second-order valence-corrected chi connectivity index (χ2v) is 5.28. The molecule has 1 heterocycles. The van der Waals surface area contributed by atoms with Gasteiger partial charge in [0.05, 0.1) is 5.69 Å². The first kappa shape index (κ1) is 12.6. The number of aryl methyl sites for hydroxylation is 1. The SMILES string of the molecule is Cn1ccc(CC(N)c2cc(Br)ccc2Cl)n1. The lowest BCUT2D eigenvalue weighted by Crippen LogP contribution is -2.14. The smallest absolute Gasteiger partial charge is 0.0643 e. The van der Waals surface area contributed by atoms with Crippen molar-refractivity contribution in [2.75, 3.05) is 0 Å². The van der Waals surface area contributed by atoms with Gasteiger partial charge < -0.3 is 5.73 Å². The van der Waals surface area contributed by atoms with Gasteiger partial charge in [-0.25, -0.2) is 0 Å². The fourth-order valence-electron chi connectivity index (χ4n) is 1.71. The third kappa shape index (κ3) is 3.09. The zero-order valence-corrected chi connectivity index (χ0v) is 11.7. The zero-order valence-electron chi connectivity index (χ0n) is 9.40. The van der Waals surface area contributed by atoms with Crippen molar-refractivity contribution in [1.29, 1.82) is 0 Å². The zero-order chi connectivity index (χ0) is 12.4. The van der Waals surface area contributed by atoms with E-state index >= 15 is 0 Å². The molecule has 0 saturated heterocycles. The highest BCUT2D eigenvalue weighted by molar-refractivity contribution is 9.10. The van der Waals surface area contributed by atoms with Crippen molar-refractivity contribution in [2.24, 2.45) is 12.8 Å². The summed E-state index contributed by atoms with van der Waals surface area (Å²) in [6.45, 7) is 0. The molecule has 90 valence electrons. The molecule has 1 aromatic carbocycles. The van der Waals surface area contributed by atoms with Crippen LogP contribution >= 0.6 is 27.5 Å². The lowest BCUT2D eigenvalue weighted by molar-refractivity contribution is 0.675. The highest BCUT2D eigenvalue weighted by atomic mass is 79.9. The van der Waals surface area contributed by atoms with Crippen LogP contribution in [0.2, 0.25) is 5.02 Å². The summed E-state index contributed by atoms with van der Waals surface area (Å²) in [6, 6.07) is 7.52. The Morgan fingerprint density at radius 1 is 1.47 bits per heavy atom. The van der Waals surface area contributed by atoms with E-state index in [1.807, 2.05) is 37.5 Å². The predicted molar refractivity (Wildman–Crippen MR) is 73.0 cm³/mol. The summed E-state index contributed by atoms with van der Waals surface area (Å²) < 4.78 is 2.75. The predicted octanol–water partition coefficient (Wildman–Crippen LogP) is 3.08. The van der Waals surface area contributed by atoms with Crippen LogP contribution in [0.3, 0.4) is 0 Å². The Morgan fingerprint density at radius 3 is 2.88 bits per heavy atom. The average molecular weight is 315 g/mol. The monoisotopic (exact) mass is 313 g/mol. The fourth-order valence-corrected chi connectivity index (χ4v) is 2.34. The van der Waals surface area contributed by atoms with Crippen LogP contribution in [0, 0.1) is 0 Å². The van der Waals surface area contributed by atoms with Gasteiger partial charge in [0.15, 0.2) is 0 Å². The van der Waals surface area contributed by atoms with Crippen molar-refractivity contribution in [2.45, 2.75) is 12.5 Å². The second kappa shape index (κ2) is 5.21. The summed E-state index contributed by atoms with van der Waals surface area (Å²) >= 11 is 9.56. The molecule has 0 fully saturated rings. The Bertz CT molecular complexity index is 524. The lowest BCUT2D eigenvalue weighted by atomic mass is 10.0. The van der Waals surface area contributed by atoms with E-state index in [-0.39, 0.29) is 6.04 Å². The van der Waals surface area contributed by atoms with Gasteiger partial charge in [0.2, 0.25) is 0 Å². The molecule has 1 atom stereocenters. The Labute approximate surface area is 114 Å². The number of hydrogen-bond donors (Lipinski definition) is 1. The first-order valence-corrected chi connectivity index (χ1v) is 6.42. The van der Waals surface area contributed by atoms with E-state index in [0.717, 1.165) is 15.7 Å². The summed E-state index contributed by atoms with van der Waals surface area (Å²) in [5.41, 5.74) is 8.06. The molecule has 2 aromatic rings. The number of nitrogens with two attached hydrogens (primary N) is 1. The molecular formula is C12H13BrClN3. The molecule has 0 aliphatic heterocycles. The molecule has 0 radical (unpaired) electrons. The van der Waals surface area contributed by atoms with E-state index in [1.165, 1.54) is 0 Å². The maximum atomic E-state index is 6.15. The maximum absolute atomic E-state index is 6.15. The van der Waals surface area contributed by atoms with Crippen molar-refractivity contribution < 1.29 is 0 Å². The molecule has 5 heteroatoms. The van der Waals surface area contributed by atoms with E-state index in [0.29, 0.717) is 11.4 Å². The standard InChI is InChI=1S/C12H13BrClN3/c1-17-5-4-9(16-17)7-12(15)10-6-8(13)2-3-11(10)14/h2-6,12H,7,15H2,1H3. The first-order valence-electron chi connectivity index (χ1n) is 5.25. The molecule has 2 N–H and O–H groups in total. The Balaban J connectivity index is 2.19. The van der Waals surface area contributed by atoms with Crippen LogP contribution in [0.15, 0.2) is 34.9 Å². The molecule has 0 saturated carbocycles. The van der Waals surface area contributed by atoms with E-state index in [2.05, 4.69) is 21.0 Å². The third-order valence-corrected chi connectivity index (χ3v) is 3.39. The van der Waals surface area contributed by atoms with Crippen LogP contribution in [-0.2, 0) is 13.5 Å². The highest BCUT2D eigenvalue weighted by Gasteiger charge is 2.12. The van der Waals surface area contributed by atoms with Crippen molar-refractivity contribution in [1.82, 2.24) is 9.78 Å². The van der Waals surface area contributed by atoms with Gasteiger partial charge in [-0.3, -0.25) is 4.68 Å². The van der Waals surface area contributed by atoms with Gasteiger partial charge in [-0.1, -0.05) is 27.5 Å². The van der Waals surface area contributed by atoms with Gasteiger partial charge in [0.25, 0.3) is 0 Å². The van der Waals surface area contributed by atoms with Crippen molar-refractivity contribution in [3.05, 3.63) is 51.2 Å². The minimum absolute atomic E-state index is 0.144. The molecule has 2 rings (SSSR count). The third-order valence-electron chi connectivity index (χ3n) is 2.56. The molecule has 0 aliphatic carbocycles. The van der Waals surface area contributed by atoms with E-state index in [4.69, 9.17) is 17.3 Å². The Kier molecular flexibility index (Phi) is 3.86. The molecular weight excluding hydrogens is 302 g/mol. The minimum atomic E-state index is -0.144. The number of rotatable bonds is 3. The Morgan fingerprint density at radius 2 is 2.24 bits per heavy atom. The van der Waals surface area contributed by atoms with E-state index in [9.17, 15) is 0 Å². The molecule has 17 heavy (non-hydrogen) atoms. The van der Waals surface area contributed by atoms with Crippen molar-refractivity contribution in [3.8, 4) is 0 Å². The minimum Gasteiger partial charge on any atom is -0.324 e. The average Bonchev–Trinajstić information content (AvgIpc) is 2.67. The van der Waals surface area contributed by atoms with Crippen molar-refractivity contribution in [3.63, 3.8) is 0 Å². The first-order chi connectivity index (χ1) is 8.06. The van der Waals surface area contributed by atoms with Crippen molar-refractivity contribution >= 4 is 27.5 Å². The van der Waals surface area contributed by atoms with Crippen LogP contribution < -0.4 is 5.73 Å². The molecule has 0 aliphatic rings. The van der Waals surface area contributed by atoms with E-state index < -0.39 is 0 Å². The molecule has 3 nitrogen and oxygen atoms in total. The van der Waals surface area contributed by atoms with E-state index in [1.54, 1.807) is 4.68 Å². The van der Waals surface area contributed by atoms with Gasteiger partial charge in [-0.2, -0.15) is 5.10 Å². The number of hydrogen-bond acceptors (Lipinski definition) is 2. The van der Waals surface area contributed by atoms with Crippen LogP contribution in [-0.4, -0.2) is 9.78 Å². The Hall–Kier alpha value is -0.840. The molecule has 1 aromatic heterocycles. The number of nitrogens with zero attached hydrogens (tertiary/aromatic N) is 2. The van der Waals surface area contributed by atoms with Crippen LogP contribution in [0.1, 0.15) is 17.3 Å². The van der Waals surface area contributed by atoms with Gasteiger partial charge in [-0.15, -0.1) is 0 Å². The topological polar surface area (TPSA) is 43.8 Å². The summed E-state index contributed by atoms with van der Waals surface area (Å²) in [4.78, 5) is 0.